The Morgan fingerprint density at radius 1 is 0.684 bits per heavy atom. The van der Waals surface area contributed by atoms with Crippen LogP contribution in [0.5, 0.6) is 0 Å². The van der Waals surface area contributed by atoms with Crippen molar-refractivity contribution < 1.29 is 18.0 Å². The van der Waals surface area contributed by atoms with Crippen molar-refractivity contribution in [3.05, 3.63) is 0 Å². The predicted octanol–water partition coefficient (Wildman–Crippen LogP) is 0.881. The molecule has 0 rings (SSSR count). The van der Waals surface area contributed by atoms with Gasteiger partial charge in [0.1, 0.15) is 0 Å². The zero-order valence-corrected chi connectivity index (χ0v) is 18.2. The first-order valence-electron chi connectivity index (χ1n) is 6.29. The van der Waals surface area contributed by atoms with E-state index in [1.807, 2.05) is 0 Å². The Bertz CT molecular complexity index is 209. The van der Waals surface area contributed by atoms with Gasteiger partial charge in [0.15, 0.2) is 0 Å². The summed E-state index contributed by atoms with van der Waals surface area (Å²) in [5.41, 5.74) is 0. The summed E-state index contributed by atoms with van der Waals surface area (Å²) in [6.45, 7) is 4.23. The van der Waals surface area contributed by atoms with Gasteiger partial charge in [-0.2, -0.15) is 0 Å². The van der Waals surface area contributed by atoms with Crippen molar-refractivity contribution in [2.45, 2.75) is 51.6 Å². The van der Waals surface area contributed by atoms with E-state index < -0.39 is 17.6 Å². The minimum Gasteiger partial charge on any atom is -0.519 e. The molecule has 0 bridgehead atoms. The van der Waals surface area contributed by atoms with Crippen LogP contribution in [0.25, 0.3) is 0 Å². The van der Waals surface area contributed by atoms with Crippen molar-refractivity contribution in [2.24, 2.45) is 0 Å². The quantitative estimate of drug-likeness (QED) is 0.485. The predicted molar refractivity (Wildman–Crippen MR) is 79.4 cm³/mol. The second kappa shape index (κ2) is 11.9. The van der Waals surface area contributed by atoms with Crippen LogP contribution in [0, 0.1) is 0 Å². The van der Waals surface area contributed by atoms with Crippen LogP contribution in [-0.2, 0) is 18.0 Å². The van der Waals surface area contributed by atoms with Crippen LogP contribution < -0.4 is 0 Å². The molecule has 0 aromatic rings. The van der Waals surface area contributed by atoms with Gasteiger partial charge < -0.3 is 18.0 Å². The lowest BCUT2D eigenvalue weighted by Gasteiger charge is -2.40. The van der Waals surface area contributed by atoms with E-state index >= 15 is 0 Å². The minimum absolute atomic E-state index is 0.736. The summed E-state index contributed by atoms with van der Waals surface area (Å²) < 4.78 is 28.0. The largest absolute Gasteiger partial charge is 0.519 e. The Balaban J connectivity index is 4.90. The summed E-state index contributed by atoms with van der Waals surface area (Å²) in [7, 11) is -5.56. The molecular weight excluding hydrogens is 340 g/mol. The van der Waals surface area contributed by atoms with Crippen molar-refractivity contribution in [3.63, 3.8) is 0 Å². The summed E-state index contributed by atoms with van der Waals surface area (Å²) >= 11 is 9.01. The Labute approximate surface area is 152 Å². The highest BCUT2D eigenvalue weighted by Gasteiger charge is 2.46. The highest BCUT2D eigenvalue weighted by molar-refractivity contribution is 6.79. The standard InChI is InChI=1S/C8H18O5Si2.4Al/c1-3-5-7-14(9,10)13-15(11,12)8-6-4-2;;;;/h3-8H2,1-2H3;;;;/q-4;4*+1. The maximum absolute atomic E-state index is 6.13. The molecule has 0 aliphatic carbocycles. The second-order valence-corrected chi connectivity index (χ2v) is 12.5. The van der Waals surface area contributed by atoms with Gasteiger partial charge in [0, 0.05) is 12.1 Å². The molecule has 0 fully saturated rings. The number of hydrogen-bond donors (Lipinski definition) is 0. The molecule has 19 heavy (non-hydrogen) atoms. The third-order valence-electron chi connectivity index (χ3n) is 2.70. The van der Waals surface area contributed by atoms with E-state index in [9.17, 15) is 0 Å². The molecule has 0 aromatic heterocycles. The molecule has 11 heteroatoms. The van der Waals surface area contributed by atoms with Crippen molar-refractivity contribution in [1.82, 2.24) is 0 Å². The Morgan fingerprint density at radius 2 is 1.00 bits per heavy atom. The highest BCUT2D eigenvalue weighted by atomic mass is 28.5. The lowest BCUT2D eigenvalue weighted by atomic mass is 10.4. The van der Waals surface area contributed by atoms with Crippen molar-refractivity contribution in [3.8, 4) is 0 Å². The molecule has 0 aliphatic rings. The van der Waals surface area contributed by atoms with Crippen LogP contribution in [0.1, 0.15) is 39.5 Å². The molecule has 0 aliphatic heterocycles. The molecule has 0 unspecified atom stereocenters. The fourth-order valence-electron chi connectivity index (χ4n) is 1.51. The fourth-order valence-corrected chi connectivity index (χ4v) is 11.6. The molecule has 0 saturated heterocycles. The summed E-state index contributed by atoms with van der Waals surface area (Å²) in [6.07, 6.45) is 4.04. The van der Waals surface area contributed by atoms with Crippen LogP contribution in [0.15, 0.2) is 0 Å². The molecule has 0 N–H and O–H groups in total. The van der Waals surface area contributed by atoms with E-state index in [1.165, 1.54) is 0 Å². The Kier molecular flexibility index (Phi) is 13.3. The number of hydrogen-bond acceptors (Lipinski definition) is 5. The van der Waals surface area contributed by atoms with Gasteiger partial charge in [-0.1, -0.05) is 26.7 Å². The second-order valence-electron chi connectivity index (χ2n) is 4.15. The summed E-state index contributed by atoms with van der Waals surface area (Å²) in [5, 5.41) is 0. The van der Waals surface area contributed by atoms with E-state index in [4.69, 9.17) is 18.0 Å². The Morgan fingerprint density at radius 3 is 1.21 bits per heavy atom. The lowest BCUT2D eigenvalue weighted by molar-refractivity contribution is 0.195. The van der Waals surface area contributed by atoms with Crippen molar-refractivity contribution in [2.75, 3.05) is 0 Å². The molecule has 5 nitrogen and oxygen atoms in total. The fraction of sp³-hybridized carbons (Fsp3) is 1.00. The zero-order valence-electron chi connectivity index (χ0n) is 11.6. The third kappa shape index (κ3) is 7.45. The van der Waals surface area contributed by atoms with E-state index in [0.717, 1.165) is 37.8 Å². The van der Waals surface area contributed by atoms with Gasteiger partial charge in [0.2, 0.25) is 0 Å². The minimum atomic E-state index is -2.78. The zero-order chi connectivity index (χ0) is 14.8. The molecule has 100 valence electrons. The van der Waals surface area contributed by atoms with Crippen LogP contribution in [0.3, 0.4) is 0 Å². The molecule has 8 radical (unpaired) electrons. The summed E-state index contributed by atoms with van der Waals surface area (Å²) in [5.74, 6) is 0. The topological polar surface area (TPSA) is 46.2 Å². The molecule has 0 heterocycles. The maximum Gasteiger partial charge on any atom is 0.432 e. The van der Waals surface area contributed by atoms with Crippen LogP contribution in [-0.4, -0.2) is 84.1 Å². The monoisotopic (exact) mass is 358 g/mol. The van der Waals surface area contributed by atoms with E-state index in [2.05, 4.69) is 80.3 Å². The molecule has 0 atom stereocenters. The Hall–Kier alpha value is 2.36. The molecule has 0 saturated carbocycles. The lowest BCUT2D eigenvalue weighted by Crippen LogP contribution is -2.58. The summed E-state index contributed by atoms with van der Waals surface area (Å²) in [4.78, 5) is 0. The number of unbranched alkanes of at least 4 members (excludes halogenated alkanes) is 2. The molecule has 0 aromatic carbocycles. The van der Waals surface area contributed by atoms with Gasteiger partial charge in [0.25, 0.3) is 0 Å². The van der Waals surface area contributed by atoms with Crippen molar-refractivity contribution in [1.29, 1.82) is 0 Å². The third-order valence-corrected chi connectivity index (χ3v) is 12.9. The normalized spacial score (nSPS) is 12.7. The van der Waals surface area contributed by atoms with Gasteiger partial charge in [0.05, 0.1) is 0 Å². The smallest absolute Gasteiger partial charge is 0.432 e. The first-order valence-corrected chi connectivity index (χ1v) is 12.0. The highest BCUT2D eigenvalue weighted by Crippen LogP contribution is 2.26. The average Bonchev–Trinajstić information content (AvgIpc) is 2.48. The van der Waals surface area contributed by atoms with Gasteiger partial charge in [-0.3, -0.25) is 0 Å². The van der Waals surface area contributed by atoms with Crippen molar-refractivity contribution >= 4 is 84.1 Å². The molecule has 0 spiro atoms. The first kappa shape index (κ1) is 21.4. The molecular formula is C8H18Al4O5Si2. The van der Waals surface area contributed by atoms with E-state index in [1.54, 1.807) is 0 Å². The van der Waals surface area contributed by atoms with Crippen LogP contribution in [0.4, 0.5) is 0 Å². The van der Waals surface area contributed by atoms with Crippen LogP contribution >= 0.6 is 0 Å². The first-order chi connectivity index (χ1) is 9.07. The number of rotatable bonds is 12. The maximum atomic E-state index is 6.13. The van der Waals surface area contributed by atoms with Gasteiger partial charge in [-0.25, -0.2) is 0 Å². The van der Waals surface area contributed by atoms with E-state index in [-0.39, 0.29) is 0 Å². The van der Waals surface area contributed by atoms with Gasteiger partial charge in [-0.05, 0) is 12.8 Å². The van der Waals surface area contributed by atoms with Gasteiger partial charge >= 0.3 is 84.1 Å². The van der Waals surface area contributed by atoms with E-state index in [0.29, 0.717) is 0 Å². The SMILES string of the molecule is CCCC[Si]([O][Al])([O][Al])O[Si](CCCC)([O][Al])[O][Al]. The molecule has 0 amide bonds. The summed E-state index contributed by atoms with van der Waals surface area (Å²) in [6, 6.07) is 1.47. The average molecular weight is 358 g/mol. The van der Waals surface area contributed by atoms with Gasteiger partial charge in [-0.15, -0.1) is 0 Å². The van der Waals surface area contributed by atoms with Crippen LogP contribution in [0.2, 0.25) is 12.1 Å².